The molecule has 0 aromatic heterocycles. The molecular formula is C11H15BrOS. The van der Waals surface area contributed by atoms with E-state index in [0.29, 0.717) is 0 Å². The molecule has 0 aliphatic rings. The average molecular weight is 275 g/mol. The van der Waals surface area contributed by atoms with Crippen LogP contribution in [0, 0.1) is 0 Å². The van der Waals surface area contributed by atoms with Gasteiger partial charge in [0.2, 0.25) is 0 Å². The average Bonchev–Trinajstić information content (AvgIpc) is 2.18. The minimum Gasteiger partial charge on any atom is -0.392 e. The fourth-order valence-corrected chi connectivity index (χ4v) is 2.10. The molecule has 0 amide bonds. The first kappa shape index (κ1) is 12.1. The van der Waals surface area contributed by atoms with E-state index in [1.165, 1.54) is 5.56 Å². The summed E-state index contributed by atoms with van der Waals surface area (Å²) in [7, 11) is 0. The van der Waals surface area contributed by atoms with Crippen LogP contribution in [0.1, 0.15) is 12.5 Å². The Kier molecular flexibility index (Phi) is 5.60. The van der Waals surface area contributed by atoms with Crippen molar-refractivity contribution in [3.63, 3.8) is 0 Å². The molecule has 0 aliphatic carbocycles. The van der Waals surface area contributed by atoms with Gasteiger partial charge in [0.1, 0.15) is 0 Å². The van der Waals surface area contributed by atoms with E-state index in [9.17, 15) is 5.11 Å². The number of hydrogen-bond acceptors (Lipinski definition) is 2. The smallest absolute Gasteiger partial charge is 0.0670 e. The van der Waals surface area contributed by atoms with Crippen molar-refractivity contribution < 1.29 is 5.11 Å². The Morgan fingerprint density at radius 1 is 1.36 bits per heavy atom. The second-order valence-electron chi connectivity index (χ2n) is 3.14. The van der Waals surface area contributed by atoms with Crippen LogP contribution in [-0.2, 0) is 6.42 Å². The Labute approximate surface area is 98.0 Å². The molecule has 1 N–H and O–H groups in total. The van der Waals surface area contributed by atoms with Crippen LogP contribution in [0.5, 0.6) is 0 Å². The predicted octanol–water partition coefficient (Wildman–Crippen LogP) is 3.11. The highest BCUT2D eigenvalue weighted by Gasteiger charge is 2.04. The normalized spacial score (nSPS) is 12.8. The van der Waals surface area contributed by atoms with Crippen LogP contribution in [0.4, 0.5) is 0 Å². The molecule has 0 radical (unpaired) electrons. The summed E-state index contributed by atoms with van der Waals surface area (Å²) in [5, 5.41) is 9.67. The minimum absolute atomic E-state index is 0.221. The molecule has 1 nitrogen and oxygen atoms in total. The third kappa shape index (κ3) is 4.49. The summed E-state index contributed by atoms with van der Waals surface area (Å²) in [6.07, 6.45) is 0.529. The number of benzene rings is 1. The van der Waals surface area contributed by atoms with Gasteiger partial charge in [-0.15, -0.1) is 0 Å². The van der Waals surface area contributed by atoms with Crippen molar-refractivity contribution in [2.24, 2.45) is 0 Å². The molecule has 14 heavy (non-hydrogen) atoms. The maximum absolute atomic E-state index is 9.67. The van der Waals surface area contributed by atoms with Crippen LogP contribution in [0.3, 0.4) is 0 Å². The second kappa shape index (κ2) is 6.49. The molecule has 0 fully saturated rings. The third-order valence-electron chi connectivity index (χ3n) is 1.90. The van der Waals surface area contributed by atoms with Crippen molar-refractivity contribution in [3.05, 3.63) is 34.3 Å². The van der Waals surface area contributed by atoms with Crippen molar-refractivity contribution in [2.75, 3.05) is 11.5 Å². The summed E-state index contributed by atoms with van der Waals surface area (Å²) in [4.78, 5) is 0. The first-order chi connectivity index (χ1) is 6.72. The van der Waals surface area contributed by atoms with Gasteiger partial charge in [-0.1, -0.05) is 35.0 Å². The van der Waals surface area contributed by atoms with E-state index in [1.54, 1.807) is 11.8 Å². The van der Waals surface area contributed by atoms with Gasteiger partial charge in [-0.05, 0) is 29.9 Å². The van der Waals surface area contributed by atoms with Crippen LogP contribution in [-0.4, -0.2) is 22.7 Å². The molecule has 3 heteroatoms. The molecular weight excluding hydrogens is 260 g/mol. The first-order valence-corrected chi connectivity index (χ1v) is 6.67. The summed E-state index contributed by atoms with van der Waals surface area (Å²) >= 11 is 5.17. The molecule has 0 saturated carbocycles. The lowest BCUT2D eigenvalue weighted by Gasteiger charge is -2.09. The highest BCUT2D eigenvalue weighted by atomic mass is 79.9. The molecule has 78 valence electrons. The minimum atomic E-state index is -0.221. The van der Waals surface area contributed by atoms with E-state index in [2.05, 4.69) is 22.9 Å². The van der Waals surface area contributed by atoms with E-state index in [-0.39, 0.29) is 6.10 Å². The maximum atomic E-state index is 9.67. The van der Waals surface area contributed by atoms with Crippen LogP contribution < -0.4 is 0 Å². The zero-order valence-electron chi connectivity index (χ0n) is 8.24. The number of halogens is 1. The molecule has 0 spiro atoms. The van der Waals surface area contributed by atoms with Gasteiger partial charge < -0.3 is 5.11 Å². The zero-order chi connectivity index (χ0) is 10.4. The van der Waals surface area contributed by atoms with E-state index >= 15 is 0 Å². The van der Waals surface area contributed by atoms with E-state index in [0.717, 1.165) is 22.4 Å². The van der Waals surface area contributed by atoms with Crippen LogP contribution in [0.15, 0.2) is 28.7 Å². The quantitative estimate of drug-likeness (QED) is 0.891. The Morgan fingerprint density at radius 3 is 2.57 bits per heavy atom. The first-order valence-electron chi connectivity index (χ1n) is 4.72. The highest BCUT2D eigenvalue weighted by molar-refractivity contribution is 9.10. The summed E-state index contributed by atoms with van der Waals surface area (Å²) in [6, 6.07) is 8.11. The summed E-state index contributed by atoms with van der Waals surface area (Å²) < 4.78 is 1.08. The summed E-state index contributed by atoms with van der Waals surface area (Å²) in [6.45, 7) is 2.11. The molecule has 0 heterocycles. The lowest BCUT2D eigenvalue weighted by atomic mass is 10.1. The highest BCUT2D eigenvalue weighted by Crippen LogP contribution is 2.13. The van der Waals surface area contributed by atoms with Gasteiger partial charge in [0, 0.05) is 10.2 Å². The SMILES string of the molecule is CCSCC(O)Cc1ccc(Br)cc1. The monoisotopic (exact) mass is 274 g/mol. The Bertz CT molecular complexity index is 260. The number of thioether (sulfide) groups is 1. The molecule has 1 rings (SSSR count). The Morgan fingerprint density at radius 2 is 2.00 bits per heavy atom. The van der Waals surface area contributed by atoms with Gasteiger partial charge in [-0.2, -0.15) is 11.8 Å². The van der Waals surface area contributed by atoms with E-state index in [4.69, 9.17) is 0 Å². The van der Waals surface area contributed by atoms with Crippen molar-refractivity contribution in [1.82, 2.24) is 0 Å². The molecule has 1 aromatic rings. The van der Waals surface area contributed by atoms with Crippen LogP contribution in [0.2, 0.25) is 0 Å². The fourth-order valence-electron chi connectivity index (χ4n) is 1.21. The molecule has 1 unspecified atom stereocenters. The predicted molar refractivity (Wildman–Crippen MR) is 66.9 cm³/mol. The van der Waals surface area contributed by atoms with Gasteiger partial charge in [0.15, 0.2) is 0 Å². The second-order valence-corrected chi connectivity index (χ2v) is 5.38. The van der Waals surface area contributed by atoms with Crippen molar-refractivity contribution in [2.45, 2.75) is 19.4 Å². The van der Waals surface area contributed by atoms with Crippen molar-refractivity contribution in [1.29, 1.82) is 0 Å². The topological polar surface area (TPSA) is 20.2 Å². The summed E-state index contributed by atoms with van der Waals surface area (Å²) in [5.74, 6) is 1.89. The lowest BCUT2D eigenvalue weighted by molar-refractivity contribution is 0.200. The Hall–Kier alpha value is 0.01000. The lowest BCUT2D eigenvalue weighted by Crippen LogP contribution is -2.13. The molecule has 0 aliphatic heterocycles. The zero-order valence-corrected chi connectivity index (χ0v) is 10.6. The van der Waals surface area contributed by atoms with Gasteiger partial charge in [0.25, 0.3) is 0 Å². The van der Waals surface area contributed by atoms with Crippen molar-refractivity contribution >= 4 is 27.7 Å². The van der Waals surface area contributed by atoms with Crippen molar-refractivity contribution in [3.8, 4) is 0 Å². The van der Waals surface area contributed by atoms with Gasteiger partial charge in [-0.25, -0.2) is 0 Å². The number of hydrogen-bond donors (Lipinski definition) is 1. The van der Waals surface area contributed by atoms with Gasteiger partial charge in [-0.3, -0.25) is 0 Å². The largest absolute Gasteiger partial charge is 0.392 e. The van der Waals surface area contributed by atoms with Gasteiger partial charge >= 0.3 is 0 Å². The molecule has 0 saturated heterocycles. The number of aliphatic hydroxyl groups excluding tert-OH is 1. The molecule has 1 atom stereocenters. The van der Waals surface area contributed by atoms with E-state index < -0.39 is 0 Å². The maximum Gasteiger partial charge on any atom is 0.0670 e. The summed E-state index contributed by atoms with van der Waals surface area (Å²) in [5.41, 5.74) is 1.19. The number of rotatable bonds is 5. The van der Waals surface area contributed by atoms with Crippen LogP contribution in [0.25, 0.3) is 0 Å². The fraction of sp³-hybridized carbons (Fsp3) is 0.455. The Balaban J connectivity index is 2.39. The standard InChI is InChI=1S/C11H15BrOS/c1-2-14-8-11(13)7-9-3-5-10(12)6-4-9/h3-6,11,13H,2,7-8H2,1H3. The molecule has 0 bridgehead atoms. The van der Waals surface area contributed by atoms with Gasteiger partial charge in [0.05, 0.1) is 6.10 Å². The van der Waals surface area contributed by atoms with Crippen LogP contribution >= 0.6 is 27.7 Å². The molecule has 1 aromatic carbocycles. The number of aliphatic hydroxyl groups is 1. The third-order valence-corrected chi connectivity index (χ3v) is 3.46. The van der Waals surface area contributed by atoms with E-state index in [1.807, 2.05) is 24.3 Å².